The second-order valence-electron chi connectivity index (χ2n) is 33.0. The van der Waals surface area contributed by atoms with E-state index in [2.05, 4.69) is 191 Å². The van der Waals surface area contributed by atoms with Crippen LogP contribution in [0.4, 0.5) is 5.82 Å². The number of aldehydes is 2. The molecule has 8 aromatic carbocycles. The van der Waals surface area contributed by atoms with Gasteiger partial charge in [-0.25, -0.2) is 21.7 Å². The van der Waals surface area contributed by atoms with Crippen LogP contribution in [0.5, 0.6) is 0 Å². The Labute approximate surface area is 881 Å². The lowest BCUT2D eigenvalue weighted by Gasteiger charge is -2.36. The van der Waals surface area contributed by atoms with Crippen LogP contribution in [-0.4, -0.2) is 122 Å². The number of hydrogen-bond acceptors (Lipinski definition) is 18. The van der Waals surface area contributed by atoms with Gasteiger partial charge in [0.25, 0.3) is 0 Å². The van der Waals surface area contributed by atoms with Gasteiger partial charge in [-0.2, -0.15) is 8.42 Å². The molecule has 3 aliphatic rings. The van der Waals surface area contributed by atoms with E-state index in [1.54, 1.807) is 24.3 Å². The van der Waals surface area contributed by atoms with E-state index >= 15 is 0 Å². The first-order valence-corrected chi connectivity index (χ1v) is 59.5. The number of carbonyl (C=O) groups excluding carboxylic acids is 4. The Bertz CT molecular complexity index is 5830. The van der Waals surface area contributed by atoms with Crippen molar-refractivity contribution < 1.29 is 60.6 Å². The number of aliphatic hydroxyl groups is 2. The van der Waals surface area contributed by atoms with Crippen molar-refractivity contribution in [3.63, 3.8) is 0 Å². The number of thiophene rings is 2. The number of fused-ring (bicyclic) bond motifs is 2. The first-order chi connectivity index (χ1) is 62.8. The number of esters is 1. The van der Waals surface area contributed by atoms with Crippen LogP contribution in [0.15, 0.2) is 203 Å². The van der Waals surface area contributed by atoms with Gasteiger partial charge in [-0.1, -0.05) is 253 Å². The van der Waals surface area contributed by atoms with Gasteiger partial charge in [0, 0.05) is 99.4 Å². The van der Waals surface area contributed by atoms with Crippen LogP contribution < -0.4 is 10.5 Å². The second-order valence-corrected chi connectivity index (χ2v) is 54.7. The molecule has 2 aliphatic heterocycles. The van der Waals surface area contributed by atoms with Gasteiger partial charge in [-0.3, -0.25) is 23.4 Å². The normalized spacial score (nSPS) is 15.2. The first-order valence-electron chi connectivity index (χ1n) is 41.2. The molecule has 1 aliphatic carbocycles. The van der Waals surface area contributed by atoms with Gasteiger partial charge in [0.05, 0.1) is 84.9 Å². The predicted octanol–water partition coefficient (Wildman–Crippen LogP) is 29.8. The maximum atomic E-state index is 13.5. The average molecular weight is 2450 g/mol. The fraction of sp³-hybridized carbons (Fsp3) is 0.323. The number of aromatic nitrogens is 2. The SMILES string of the molecule is CC(C)(C)[Si](C)(C)OCCc1cccc(Cl)c1C=O.COC(=O)Cc1cccc(Cl)c1Br.C[Si](C)(C)C.Cc1cccc(Cl)c1Br.Clc1cccc(CBr)c1Br.NS(=O)(=O)OC[C@H]1C[C@@H](Nc2ncncc2C(=O)c2cc(C3OCCc4cccc(Cl)c43)cs2)C[C@@H]1O.O=Cc1cc(C2OCCc3cccc(Cl)c32)cs1.OCCc1cccc(Cl)c1Br.[C-]#[N+]Cc1cccc(Cl)c1Br. The molecule has 11 aromatic rings. The van der Waals surface area contributed by atoms with Crippen LogP contribution >= 0.6 is 211 Å². The number of ketones is 1. The smallest absolute Gasteiger partial charge is 0.333 e. The zero-order valence-corrected chi connectivity index (χ0v) is 94.6. The molecule has 5 heterocycles. The largest absolute Gasteiger partial charge is 0.469 e. The van der Waals surface area contributed by atoms with Gasteiger partial charge in [0.1, 0.15) is 24.4 Å². The van der Waals surface area contributed by atoms with E-state index in [0.717, 1.165) is 125 Å². The summed E-state index contributed by atoms with van der Waals surface area (Å²) >= 11 is 70.6. The minimum absolute atomic E-state index is 0.146. The number of halogens is 14. The van der Waals surface area contributed by atoms with Crippen LogP contribution in [0.3, 0.4) is 0 Å². The van der Waals surface area contributed by atoms with Crippen molar-refractivity contribution in [2.45, 2.75) is 153 Å². The zero-order chi connectivity index (χ0) is 98.7. The number of methoxy groups -OCH3 is 1. The maximum Gasteiger partial charge on any atom is 0.333 e. The van der Waals surface area contributed by atoms with Crippen LogP contribution in [0.2, 0.25) is 84.5 Å². The fourth-order valence-corrected chi connectivity index (χ4v) is 20.1. The number of aryl methyl sites for hydroxylation is 1. The van der Waals surface area contributed by atoms with E-state index in [1.165, 1.54) is 59.0 Å². The minimum Gasteiger partial charge on any atom is -0.469 e. The van der Waals surface area contributed by atoms with E-state index < -0.39 is 38.7 Å². The molecule has 0 saturated heterocycles. The molecule has 0 spiro atoms. The van der Waals surface area contributed by atoms with Crippen molar-refractivity contribution in [3.05, 3.63) is 343 Å². The molecule has 37 heteroatoms. The predicted molar refractivity (Wildman–Crippen MR) is 573 cm³/mol. The molecule has 1 fully saturated rings. The molecule has 0 amide bonds. The molecule has 0 radical (unpaired) electrons. The number of alkyl halides is 1. The highest BCUT2D eigenvalue weighted by atomic mass is 79.9. The molecule has 14 rings (SSSR count). The van der Waals surface area contributed by atoms with Crippen LogP contribution in [-0.2, 0) is 81.9 Å². The number of ether oxygens (including phenoxy) is 3. The second kappa shape index (κ2) is 57.9. The molecule has 18 nitrogen and oxygen atoms in total. The van der Waals surface area contributed by atoms with E-state index in [4.69, 9.17) is 124 Å². The summed E-state index contributed by atoms with van der Waals surface area (Å²) in [6.45, 7) is 31.3. The molecule has 1 saturated carbocycles. The van der Waals surface area contributed by atoms with Crippen molar-refractivity contribution in [1.82, 2.24) is 9.97 Å². The standard InChI is InChI=1S/C24H25ClN4O6S2.C15H23ClO2Si.C14H11ClO2S.C9H8BrClO2.C8H5BrClN.C8H8BrClO.C7H5Br2Cl.C7H6BrCl.C4H12Si/c25-18-3-1-2-13-4-5-34-23(21(13)18)15-7-20(36-11-15)22(31)17-9-27-12-28-24(17)29-16-6-14(19(30)8-16)10-35-37(26,32)33;1-15(2,3)19(4,5)18-10-9-12-7-6-8-14(16)13(12)11-17;15-12-3-1-2-9-4-5-17-14(13(9)12)10-6-11(7-16)18-8-10;1-13-8(12)5-6-3-2-4-7(11)9(6)10;1-11-5-6-3-2-4-7(10)8(6)9;9-8-6(4-5-11)2-1-3-7(8)10;8-4-5-2-1-3-6(10)7(5)9;1-5-3-2-4-6(9)7(5)8;1-5(2,3)4/h1-3,7,9,11-12,14,16,19,23,30H,4-6,8,10H2,(H2,26,32,33)(H,27,28,29);6-8,11H,9-10H2,1-5H3;1-3,6-8,14H,4-5H2;2-4H,5H2,1H3;2-4H,5H2;1-3,11H,4-5H2;1-3H,4H2;2-4H,1H3;1-4H3/t14-,16-,19+,23?;;;;;;;;/m1......../s1. The number of nitrogens with zero attached hydrogens (tertiary/aromatic N) is 3. The summed E-state index contributed by atoms with van der Waals surface area (Å²) in [6.07, 6.45) is 7.20. The number of anilines is 1. The van der Waals surface area contributed by atoms with Gasteiger partial charge in [-0.15, -0.1) is 22.7 Å². The van der Waals surface area contributed by atoms with Crippen molar-refractivity contribution in [2.75, 3.05) is 45.5 Å². The summed E-state index contributed by atoms with van der Waals surface area (Å²) in [5.74, 6) is -0.616. The Morgan fingerprint density at radius 3 is 1.59 bits per heavy atom. The summed E-state index contributed by atoms with van der Waals surface area (Å²) in [5.41, 5.74) is 13.2. The van der Waals surface area contributed by atoms with Gasteiger partial charge in [0.2, 0.25) is 12.3 Å². The number of nitrogens with two attached hydrogens (primary N) is 1. The van der Waals surface area contributed by atoms with Gasteiger partial charge < -0.3 is 39.0 Å². The molecular weight excluding hydrogens is 2350 g/mol. The summed E-state index contributed by atoms with van der Waals surface area (Å²) < 4.78 is 53.8. The number of rotatable bonds is 21. The summed E-state index contributed by atoms with van der Waals surface area (Å²) in [7, 11) is -5.07. The van der Waals surface area contributed by atoms with Gasteiger partial charge >= 0.3 is 16.3 Å². The van der Waals surface area contributed by atoms with Crippen LogP contribution in [0, 0.1) is 19.4 Å². The highest BCUT2D eigenvalue weighted by Crippen LogP contribution is 2.43. The third-order valence-electron chi connectivity index (χ3n) is 20.2. The summed E-state index contributed by atoms with van der Waals surface area (Å²) in [4.78, 5) is 59.0. The van der Waals surface area contributed by atoms with E-state index in [1.807, 2.05) is 145 Å². The lowest BCUT2D eigenvalue weighted by Crippen LogP contribution is -2.41. The Balaban J connectivity index is 0.000000245. The van der Waals surface area contributed by atoms with Gasteiger partial charge in [0.15, 0.2) is 20.9 Å². The zero-order valence-electron chi connectivity index (χ0n) is 74.6. The van der Waals surface area contributed by atoms with Crippen molar-refractivity contribution >= 4 is 268 Å². The molecule has 2 unspecified atom stereocenters. The molecule has 714 valence electrons. The molecule has 133 heavy (non-hydrogen) atoms. The number of aliphatic hydroxyl groups excluding tert-OH is 2. The van der Waals surface area contributed by atoms with Crippen molar-refractivity contribution in [1.29, 1.82) is 0 Å². The maximum absolute atomic E-state index is 13.5. The summed E-state index contributed by atoms with van der Waals surface area (Å²) in [6, 6.07) is 48.9. The van der Waals surface area contributed by atoms with E-state index in [9.17, 15) is 32.7 Å². The first kappa shape index (κ1) is 117. The number of nitrogens with one attached hydrogen (secondary N) is 1. The van der Waals surface area contributed by atoms with E-state index in [0.29, 0.717) is 91.9 Å². The highest BCUT2D eigenvalue weighted by Gasteiger charge is 2.38. The number of hydrogen-bond donors (Lipinski definition) is 4. The van der Waals surface area contributed by atoms with Crippen molar-refractivity contribution in [3.8, 4) is 0 Å². The Kier molecular flexibility index (Phi) is 50.9. The van der Waals surface area contributed by atoms with Crippen molar-refractivity contribution in [2.24, 2.45) is 11.1 Å². The lowest BCUT2D eigenvalue weighted by molar-refractivity contribution is -0.139. The minimum atomic E-state index is -4.10. The topological polar surface area (TPSA) is 257 Å². The third kappa shape index (κ3) is 38.4. The van der Waals surface area contributed by atoms with Crippen LogP contribution in [0.25, 0.3) is 4.85 Å². The molecule has 3 aromatic heterocycles. The number of benzene rings is 8. The average Bonchev–Trinajstić information content (AvgIpc) is 1.75. The van der Waals surface area contributed by atoms with E-state index in [-0.39, 0.29) is 60.2 Å². The Morgan fingerprint density at radius 1 is 0.639 bits per heavy atom. The highest BCUT2D eigenvalue weighted by molar-refractivity contribution is 9.11. The molecular formula is C96H103Br6Cl8N5O13S3Si2. The summed E-state index contributed by atoms with van der Waals surface area (Å²) in [5, 5.41) is 37.4. The monoisotopic (exact) mass is 2440 g/mol. The fourth-order valence-electron chi connectivity index (χ4n) is 12.5. The third-order valence-corrected chi connectivity index (χ3v) is 36.2. The quantitative estimate of drug-likeness (QED) is 0.0130. The molecule has 5 N–H and O–H groups in total. The molecule has 0 bridgehead atoms. The van der Waals surface area contributed by atoms with Gasteiger partial charge in [-0.05, 0) is 265 Å². The van der Waals surface area contributed by atoms with Crippen LogP contribution in [0.1, 0.15) is 148 Å². The number of carbonyl (C=O) groups is 4. The Morgan fingerprint density at radius 2 is 1.11 bits per heavy atom. The Hall–Kier alpha value is -4.69. The lowest BCUT2D eigenvalue weighted by atomic mass is 9.94. The molecule has 5 atom stereocenters.